The highest BCUT2D eigenvalue weighted by Gasteiger charge is 2.23. The number of carbonyl (C=O) groups is 1. The average molecular weight is 559 g/mol. The number of hydrogen-bond donors (Lipinski definition) is 0. The molecule has 1 aliphatic rings. The van der Waals surface area contributed by atoms with Crippen molar-refractivity contribution in [3.05, 3.63) is 82.9 Å². The van der Waals surface area contributed by atoms with Crippen LogP contribution in [0.2, 0.25) is 5.02 Å². The minimum atomic E-state index is -0.0777. The van der Waals surface area contributed by atoms with Crippen LogP contribution in [-0.4, -0.2) is 55.2 Å². The molecule has 2 heterocycles. The number of para-hydroxylation sites is 1. The summed E-state index contributed by atoms with van der Waals surface area (Å²) in [7, 11) is 0. The van der Waals surface area contributed by atoms with Crippen LogP contribution in [0.5, 0.6) is 11.5 Å². The van der Waals surface area contributed by atoms with Crippen LogP contribution >= 0.6 is 35.3 Å². The molecule has 0 aliphatic carbocycles. The van der Waals surface area contributed by atoms with Crippen molar-refractivity contribution in [3.8, 4) is 11.5 Å². The number of halogens is 2. The van der Waals surface area contributed by atoms with Gasteiger partial charge in [-0.05, 0) is 67.4 Å². The number of nitrogens with zero attached hydrogens (tertiary/aromatic N) is 3. The molecule has 0 spiro atoms. The van der Waals surface area contributed by atoms with Gasteiger partial charge in [-0.15, -0.1) is 12.4 Å². The van der Waals surface area contributed by atoms with Gasteiger partial charge in [0.15, 0.2) is 5.13 Å². The zero-order valence-electron chi connectivity index (χ0n) is 20.6. The molecule has 3 aromatic carbocycles. The molecule has 1 aromatic heterocycles. The molecule has 0 bridgehead atoms. The number of hydrogen-bond acceptors (Lipinski definition) is 6. The van der Waals surface area contributed by atoms with Crippen LogP contribution in [0.25, 0.3) is 10.2 Å². The molecule has 5 rings (SSSR count). The van der Waals surface area contributed by atoms with E-state index in [-0.39, 0.29) is 18.3 Å². The average Bonchev–Trinajstić information content (AvgIpc) is 3.35. The third kappa shape index (κ3) is 6.61. The number of anilines is 1. The van der Waals surface area contributed by atoms with E-state index < -0.39 is 0 Å². The van der Waals surface area contributed by atoms with Crippen molar-refractivity contribution in [1.29, 1.82) is 0 Å². The highest BCUT2D eigenvalue weighted by molar-refractivity contribution is 7.22. The molecule has 0 saturated carbocycles. The van der Waals surface area contributed by atoms with Gasteiger partial charge in [0.25, 0.3) is 5.91 Å². The van der Waals surface area contributed by atoms with Gasteiger partial charge in [-0.25, -0.2) is 4.98 Å². The predicted molar refractivity (Wildman–Crippen MR) is 153 cm³/mol. The van der Waals surface area contributed by atoms with Crippen molar-refractivity contribution in [3.63, 3.8) is 0 Å². The minimum absolute atomic E-state index is 0. The van der Waals surface area contributed by atoms with Crippen LogP contribution in [0.4, 0.5) is 5.13 Å². The van der Waals surface area contributed by atoms with E-state index in [0.29, 0.717) is 28.0 Å². The second kappa shape index (κ2) is 12.7. The lowest BCUT2D eigenvalue weighted by atomic mass is 10.2. The molecule has 1 aliphatic heterocycles. The highest BCUT2D eigenvalue weighted by Crippen LogP contribution is 2.34. The largest absolute Gasteiger partial charge is 0.457 e. The van der Waals surface area contributed by atoms with Crippen molar-refractivity contribution >= 4 is 56.6 Å². The van der Waals surface area contributed by atoms with Gasteiger partial charge in [0.2, 0.25) is 0 Å². The number of thiazole rings is 1. The lowest BCUT2D eigenvalue weighted by Gasteiger charge is -2.27. The van der Waals surface area contributed by atoms with E-state index in [4.69, 9.17) is 26.1 Å². The molecule has 1 fully saturated rings. The van der Waals surface area contributed by atoms with E-state index in [1.807, 2.05) is 73.7 Å². The molecule has 194 valence electrons. The Morgan fingerprint density at radius 3 is 2.49 bits per heavy atom. The Hall–Kier alpha value is -2.68. The highest BCUT2D eigenvalue weighted by atomic mass is 35.5. The number of fused-ring (bicyclic) bond motifs is 1. The number of aromatic nitrogens is 1. The van der Waals surface area contributed by atoms with Gasteiger partial charge in [0.1, 0.15) is 11.5 Å². The minimum Gasteiger partial charge on any atom is -0.457 e. The number of aryl methyl sites for hydroxylation is 1. The topological polar surface area (TPSA) is 54.9 Å². The fourth-order valence-electron chi connectivity index (χ4n) is 4.21. The quantitative estimate of drug-likeness (QED) is 0.237. The molecule has 9 heteroatoms. The monoisotopic (exact) mass is 557 g/mol. The Kier molecular flexibility index (Phi) is 9.40. The SMILES string of the molecule is Cc1c(Cl)ccc2sc(N(CCCN3CCOCC3)C(=O)c3ccc(Oc4ccccc4)cc3)nc12.Cl. The molecule has 0 atom stereocenters. The number of benzene rings is 3. The third-order valence-electron chi connectivity index (χ3n) is 6.25. The number of carbonyl (C=O) groups excluding carboxylic acids is 1. The van der Waals surface area contributed by atoms with E-state index in [0.717, 1.165) is 60.8 Å². The first-order valence-corrected chi connectivity index (χ1v) is 13.3. The lowest BCUT2D eigenvalue weighted by Crippen LogP contribution is -2.39. The lowest BCUT2D eigenvalue weighted by molar-refractivity contribution is 0.0376. The molecular formula is C28H29Cl2N3O3S. The normalized spacial score (nSPS) is 13.8. The van der Waals surface area contributed by atoms with E-state index in [1.165, 1.54) is 11.3 Å². The van der Waals surface area contributed by atoms with Gasteiger partial charge in [-0.3, -0.25) is 14.6 Å². The van der Waals surface area contributed by atoms with E-state index in [1.54, 1.807) is 4.90 Å². The molecule has 1 saturated heterocycles. The molecule has 37 heavy (non-hydrogen) atoms. The third-order valence-corrected chi connectivity index (χ3v) is 7.71. The summed E-state index contributed by atoms with van der Waals surface area (Å²) in [5, 5.41) is 1.37. The summed E-state index contributed by atoms with van der Waals surface area (Å²) in [5.41, 5.74) is 2.37. The number of rotatable bonds is 8. The molecular weight excluding hydrogens is 529 g/mol. The molecule has 0 unspecified atom stereocenters. The van der Waals surface area contributed by atoms with Crippen molar-refractivity contribution in [1.82, 2.24) is 9.88 Å². The molecule has 1 amide bonds. The van der Waals surface area contributed by atoms with Crippen LogP contribution < -0.4 is 9.64 Å². The summed E-state index contributed by atoms with van der Waals surface area (Å²) in [6.07, 6.45) is 0.844. The molecule has 4 aromatic rings. The van der Waals surface area contributed by atoms with Crippen LogP contribution in [0.3, 0.4) is 0 Å². The fourth-order valence-corrected chi connectivity index (χ4v) is 5.41. The van der Waals surface area contributed by atoms with Gasteiger partial charge in [0.05, 0.1) is 23.4 Å². The maximum absolute atomic E-state index is 13.7. The Morgan fingerprint density at radius 2 is 1.76 bits per heavy atom. The van der Waals surface area contributed by atoms with Crippen molar-refractivity contribution < 1.29 is 14.3 Å². The Morgan fingerprint density at radius 1 is 1.05 bits per heavy atom. The van der Waals surface area contributed by atoms with Gasteiger partial charge in [-0.1, -0.05) is 41.1 Å². The van der Waals surface area contributed by atoms with Gasteiger partial charge < -0.3 is 9.47 Å². The maximum atomic E-state index is 13.7. The zero-order chi connectivity index (χ0) is 24.9. The zero-order valence-corrected chi connectivity index (χ0v) is 23.0. The second-order valence-corrected chi connectivity index (χ2v) is 10.1. The predicted octanol–water partition coefficient (Wildman–Crippen LogP) is 6.84. The summed E-state index contributed by atoms with van der Waals surface area (Å²) >= 11 is 7.85. The molecule has 0 N–H and O–H groups in total. The first-order valence-electron chi connectivity index (χ1n) is 12.1. The van der Waals surface area contributed by atoms with Crippen LogP contribution in [0.15, 0.2) is 66.7 Å². The summed E-state index contributed by atoms with van der Waals surface area (Å²) in [6.45, 7) is 6.82. The van der Waals surface area contributed by atoms with Gasteiger partial charge in [0, 0.05) is 36.8 Å². The van der Waals surface area contributed by atoms with E-state index >= 15 is 0 Å². The van der Waals surface area contributed by atoms with Crippen molar-refractivity contribution in [2.24, 2.45) is 0 Å². The number of amides is 1. The Labute approximate surface area is 232 Å². The molecule has 0 radical (unpaired) electrons. The number of ether oxygens (including phenoxy) is 2. The standard InChI is InChI=1S/C28H28ClN3O3S.ClH/c1-20-24(29)12-13-25-26(20)30-28(36-25)32(15-5-14-31-16-18-34-19-17-31)27(33)21-8-10-23(11-9-21)35-22-6-3-2-4-7-22;/h2-4,6-13H,5,14-19H2,1H3;1H. The molecule has 6 nitrogen and oxygen atoms in total. The van der Waals surface area contributed by atoms with Crippen LogP contribution in [0, 0.1) is 6.92 Å². The number of morpholine rings is 1. The van der Waals surface area contributed by atoms with Crippen molar-refractivity contribution in [2.45, 2.75) is 13.3 Å². The fraction of sp³-hybridized carbons (Fsp3) is 0.286. The van der Waals surface area contributed by atoms with Gasteiger partial charge >= 0.3 is 0 Å². The summed E-state index contributed by atoms with van der Waals surface area (Å²) in [5.74, 6) is 1.36. The summed E-state index contributed by atoms with van der Waals surface area (Å²) in [4.78, 5) is 22.7. The van der Waals surface area contributed by atoms with Crippen molar-refractivity contribution in [2.75, 3.05) is 44.3 Å². The first kappa shape index (κ1) is 27.4. The smallest absolute Gasteiger partial charge is 0.260 e. The maximum Gasteiger partial charge on any atom is 0.260 e. The Balaban J connectivity index is 0.00000320. The van der Waals surface area contributed by atoms with Gasteiger partial charge in [-0.2, -0.15) is 0 Å². The summed E-state index contributed by atoms with van der Waals surface area (Å²) < 4.78 is 12.4. The summed E-state index contributed by atoms with van der Waals surface area (Å²) in [6, 6.07) is 20.7. The van der Waals surface area contributed by atoms with E-state index in [2.05, 4.69) is 4.90 Å². The van der Waals surface area contributed by atoms with Crippen LogP contribution in [-0.2, 0) is 4.74 Å². The van der Waals surface area contributed by atoms with Crippen LogP contribution in [0.1, 0.15) is 22.3 Å². The Bertz CT molecular complexity index is 1330. The second-order valence-electron chi connectivity index (χ2n) is 8.72. The first-order chi connectivity index (χ1) is 17.6. The van der Waals surface area contributed by atoms with E-state index in [9.17, 15) is 4.79 Å².